The maximum atomic E-state index is 5.58. The molecule has 20 heavy (non-hydrogen) atoms. The van der Waals surface area contributed by atoms with E-state index in [0.717, 1.165) is 27.6 Å². The van der Waals surface area contributed by atoms with Crippen LogP contribution in [0, 0.1) is 0 Å². The number of hydrogen-bond donors (Lipinski definition) is 1. The zero-order chi connectivity index (χ0) is 13.7. The zero-order valence-electron chi connectivity index (χ0n) is 11.1. The van der Waals surface area contributed by atoms with Crippen molar-refractivity contribution in [2.24, 2.45) is 0 Å². The minimum absolute atomic E-state index is 0.206. The molecule has 0 fully saturated rings. The van der Waals surface area contributed by atoms with Crippen molar-refractivity contribution >= 4 is 21.8 Å². The van der Waals surface area contributed by atoms with Crippen molar-refractivity contribution in [2.75, 3.05) is 21.0 Å². The van der Waals surface area contributed by atoms with Gasteiger partial charge in [0.05, 0.1) is 25.3 Å². The van der Waals surface area contributed by atoms with E-state index in [0.29, 0.717) is 17.2 Å². The summed E-state index contributed by atoms with van der Waals surface area (Å²) in [5.41, 5.74) is 1.84. The van der Waals surface area contributed by atoms with Crippen LogP contribution in [0.25, 0.3) is 21.8 Å². The molecule has 0 saturated heterocycles. The highest BCUT2D eigenvalue weighted by Crippen LogP contribution is 2.48. The van der Waals surface area contributed by atoms with Gasteiger partial charge in [-0.1, -0.05) is 12.1 Å². The Morgan fingerprint density at radius 2 is 1.75 bits per heavy atom. The van der Waals surface area contributed by atoms with Crippen LogP contribution in [0.5, 0.6) is 23.0 Å². The summed E-state index contributed by atoms with van der Waals surface area (Å²) in [5, 5.41) is 2.09. The first-order chi connectivity index (χ1) is 9.83. The third kappa shape index (κ3) is 1.32. The molecule has 0 spiro atoms. The molecule has 1 N–H and O–H groups in total. The fourth-order valence-electron chi connectivity index (χ4n) is 2.71. The van der Waals surface area contributed by atoms with Crippen LogP contribution in [0.2, 0.25) is 0 Å². The van der Waals surface area contributed by atoms with Crippen molar-refractivity contribution in [1.29, 1.82) is 0 Å². The predicted molar refractivity (Wildman–Crippen MR) is 75.0 cm³/mol. The number of ether oxygens (including phenoxy) is 4. The average molecular weight is 271 g/mol. The van der Waals surface area contributed by atoms with Crippen LogP contribution in [0.1, 0.15) is 0 Å². The van der Waals surface area contributed by atoms with E-state index in [1.807, 2.05) is 24.3 Å². The lowest BCUT2D eigenvalue weighted by Gasteiger charge is -2.05. The molecular weight excluding hydrogens is 258 g/mol. The SMILES string of the molecule is COc1cc2c([nH]c3c(OC)cccc32)c2c1OCO2. The molecule has 0 bridgehead atoms. The maximum Gasteiger partial charge on any atom is 0.231 e. The molecule has 0 atom stereocenters. The first-order valence-electron chi connectivity index (χ1n) is 6.28. The second-order valence-corrected chi connectivity index (χ2v) is 4.57. The summed E-state index contributed by atoms with van der Waals surface area (Å²) in [6.07, 6.45) is 0. The number of fused-ring (bicyclic) bond motifs is 5. The predicted octanol–water partition coefficient (Wildman–Crippen LogP) is 3.07. The second kappa shape index (κ2) is 3.96. The number of aromatic amines is 1. The summed E-state index contributed by atoms with van der Waals surface area (Å²) in [4.78, 5) is 3.36. The minimum atomic E-state index is 0.206. The minimum Gasteiger partial charge on any atom is -0.495 e. The highest BCUT2D eigenvalue weighted by Gasteiger charge is 2.25. The van der Waals surface area contributed by atoms with E-state index >= 15 is 0 Å². The van der Waals surface area contributed by atoms with E-state index in [1.54, 1.807) is 14.2 Å². The van der Waals surface area contributed by atoms with Gasteiger partial charge in [0.1, 0.15) is 5.75 Å². The zero-order valence-corrected chi connectivity index (χ0v) is 11.1. The van der Waals surface area contributed by atoms with Crippen molar-refractivity contribution in [3.8, 4) is 23.0 Å². The summed E-state index contributed by atoms with van der Waals surface area (Å²) in [6.45, 7) is 0.206. The van der Waals surface area contributed by atoms with Crippen molar-refractivity contribution in [3.63, 3.8) is 0 Å². The monoisotopic (exact) mass is 271 g/mol. The maximum absolute atomic E-state index is 5.58. The van der Waals surface area contributed by atoms with E-state index < -0.39 is 0 Å². The molecule has 0 aliphatic carbocycles. The van der Waals surface area contributed by atoms with Crippen molar-refractivity contribution < 1.29 is 18.9 Å². The van der Waals surface area contributed by atoms with E-state index in [-0.39, 0.29) is 6.79 Å². The average Bonchev–Trinajstić information content (AvgIpc) is 3.09. The largest absolute Gasteiger partial charge is 0.495 e. The number of benzene rings is 2. The third-order valence-electron chi connectivity index (χ3n) is 3.61. The van der Waals surface area contributed by atoms with Gasteiger partial charge < -0.3 is 23.9 Å². The van der Waals surface area contributed by atoms with Crippen LogP contribution < -0.4 is 18.9 Å². The molecule has 102 valence electrons. The summed E-state index contributed by atoms with van der Waals surface area (Å²) < 4.78 is 21.9. The number of rotatable bonds is 2. The van der Waals surface area contributed by atoms with Gasteiger partial charge in [0.25, 0.3) is 0 Å². The smallest absolute Gasteiger partial charge is 0.231 e. The van der Waals surface area contributed by atoms with E-state index in [1.165, 1.54) is 0 Å². The summed E-state index contributed by atoms with van der Waals surface area (Å²) in [5.74, 6) is 2.81. The molecule has 0 saturated carbocycles. The topological polar surface area (TPSA) is 52.7 Å². The Morgan fingerprint density at radius 3 is 2.55 bits per heavy atom. The quantitative estimate of drug-likeness (QED) is 0.778. The van der Waals surface area contributed by atoms with E-state index in [2.05, 4.69) is 4.98 Å². The summed E-state index contributed by atoms with van der Waals surface area (Å²) >= 11 is 0. The molecule has 5 nitrogen and oxygen atoms in total. The van der Waals surface area contributed by atoms with Crippen LogP contribution in [0.3, 0.4) is 0 Å². The van der Waals surface area contributed by atoms with Gasteiger partial charge in [0, 0.05) is 10.8 Å². The van der Waals surface area contributed by atoms with Crippen LogP contribution in [0.15, 0.2) is 24.3 Å². The van der Waals surface area contributed by atoms with Gasteiger partial charge in [-0.25, -0.2) is 0 Å². The van der Waals surface area contributed by atoms with Gasteiger partial charge in [-0.05, 0) is 12.1 Å². The lowest BCUT2D eigenvalue weighted by molar-refractivity contribution is 0.172. The van der Waals surface area contributed by atoms with Gasteiger partial charge in [-0.15, -0.1) is 0 Å². The molecule has 3 aromatic rings. The lowest BCUT2D eigenvalue weighted by atomic mass is 10.1. The highest BCUT2D eigenvalue weighted by atomic mass is 16.7. The van der Waals surface area contributed by atoms with Gasteiger partial charge in [0.15, 0.2) is 11.5 Å². The number of para-hydroxylation sites is 1. The van der Waals surface area contributed by atoms with Crippen LogP contribution >= 0.6 is 0 Å². The summed E-state index contributed by atoms with van der Waals surface area (Å²) in [6, 6.07) is 7.89. The standard InChI is InChI=1S/C15H13NO4/c1-17-10-5-3-4-8-9-6-11(18-2)14-15(20-7-19-14)13(9)16-12(8)10/h3-6,16H,7H2,1-2H3. The number of H-pyrrole nitrogens is 1. The fourth-order valence-corrected chi connectivity index (χ4v) is 2.71. The molecule has 1 aliphatic heterocycles. The normalized spacial score (nSPS) is 13.1. The number of aromatic nitrogens is 1. The Morgan fingerprint density at radius 1 is 0.950 bits per heavy atom. The Balaban J connectivity index is 2.17. The summed E-state index contributed by atoms with van der Waals surface area (Å²) in [7, 11) is 3.28. The molecule has 0 amide bonds. The molecule has 5 heteroatoms. The number of methoxy groups -OCH3 is 2. The number of nitrogens with one attached hydrogen (secondary N) is 1. The molecule has 2 aromatic carbocycles. The van der Waals surface area contributed by atoms with Gasteiger partial charge >= 0.3 is 0 Å². The van der Waals surface area contributed by atoms with E-state index in [9.17, 15) is 0 Å². The highest BCUT2D eigenvalue weighted by molar-refractivity contribution is 6.12. The van der Waals surface area contributed by atoms with E-state index in [4.69, 9.17) is 18.9 Å². The van der Waals surface area contributed by atoms with Gasteiger partial charge in [-0.3, -0.25) is 0 Å². The Bertz CT molecular complexity index is 822. The molecule has 0 radical (unpaired) electrons. The molecular formula is C15H13NO4. The number of hydrogen-bond acceptors (Lipinski definition) is 4. The van der Waals surface area contributed by atoms with Crippen molar-refractivity contribution in [1.82, 2.24) is 4.98 Å². The third-order valence-corrected chi connectivity index (χ3v) is 3.61. The Kier molecular flexibility index (Phi) is 2.24. The van der Waals surface area contributed by atoms with Crippen LogP contribution in [-0.4, -0.2) is 26.0 Å². The first kappa shape index (κ1) is 11.3. The molecule has 1 aromatic heterocycles. The Labute approximate surface area is 115 Å². The van der Waals surface area contributed by atoms with Crippen LogP contribution in [0.4, 0.5) is 0 Å². The fraction of sp³-hybridized carbons (Fsp3) is 0.200. The lowest BCUT2D eigenvalue weighted by Crippen LogP contribution is -1.94. The molecule has 0 unspecified atom stereocenters. The second-order valence-electron chi connectivity index (χ2n) is 4.57. The van der Waals surface area contributed by atoms with Crippen molar-refractivity contribution in [3.05, 3.63) is 24.3 Å². The van der Waals surface area contributed by atoms with Crippen LogP contribution in [-0.2, 0) is 0 Å². The Hall–Kier alpha value is -2.56. The van der Waals surface area contributed by atoms with Gasteiger partial charge in [-0.2, -0.15) is 0 Å². The van der Waals surface area contributed by atoms with Gasteiger partial charge in [0.2, 0.25) is 12.5 Å². The molecule has 4 rings (SSSR count). The molecule has 2 heterocycles. The first-order valence-corrected chi connectivity index (χ1v) is 6.28. The van der Waals surface area contributed by atoms with Crippen molar-refractivity contribution in [2.45, 2.75) is 0 Å². The molecule has 1 aliphatic rings.